The number of nitrogens with zero attached hydrogens (tertiary/aromatic N) is 4. The highest BCUT2D eigenvalue weighted by atomic mass is 35.5. The maximum absolute atomic E-state index is 13.0. The molecule has 0 fully saturated rings. The van der Waals surface area contributed by atoms with Crippen LogP contribution >= 0.6 is 22.9 Å². The molecule has 3 aromatic rings. The number of aryl methyl sites for hydroxylation is 2. The summed E-state index contributed by atoms with van der Waals surface area (Å²) in [4.78, 5) is 30.5. The molecule has 2 aromatic heterocycles. The van der Waals surface area contributed by atoms with E-state index in [1.54, 1.807) is 11.3 Å². The zero-order chi connectivity index (χ0) is 31.1. The van der Waals surface area contributed by atoms with Crippen molar-refractivity contribution in [2.24, 2.45) is 4.99 Å². The summed E-state index contributed by atoms with van der Waals surface area (Å²) in [6, 6.07) is 6.92. The van der Waals surface area contributed by atoms with Crippen LogP contribution < -0.4 is 10.6 Å². The smallest absolute Gasteiger partial charge is 0.274 e. The number of benzene rings is 1. The molecule has 1 atom stereocenters. The minimum absolute atomic E-state index is 0.0641. The second-order valence-electron chi connectivity index (χ2n) is 9.76. The van der Waals surface area contributed by atoms with Gasteiger partial charge in [0.05, 0.1) is 38.6 Å². The van der Waals surface area contributed by atoms with Gasteiger partial charge in [-0.15, -0.1) is 21.5 Å². The fourth-order valence-corrected chi connectivity index (χ4v) is 6.22. The van der Waals surface area contributed by atoms with Gasteiger partial charge in [-0.05, 0) is 38.5 Å². The van der Waals surface area contributed by atoms with Crippen LogP contribution in [0.5, 0.6) is 0 Å². The fraction of sp³-hybridized carbons (Fsp3) is 0.444. The molecule has 232 valence electrons. The van der Waals surface area contributed by atoms with Crippen LogP contribution in [0.3, 0.4) is 0 Å². The second kappa shape index (κ2) is 14.5. The number of thiophene rings is 1. The van der Waals surface area contributed by atoms with Crippen molar-refractivity contribution in [1.82, 2.24) is 25.4 Å². The van der Waals surface area contributed by atoms with Gasteiger partial charge in [-0.3, -0.25) is 23.7 Å². The monoisotopic (exact) mass is 652 g/mol. The summed E-state index contributed by atoms with van der Waals surface area (Å²) < 4.78 is 42.7. The Hall–Kier alpha value is -3.21. The lowest BCUT2D eigenvalue weighted by molar-refractivity contribution is -0.122. The van der Waals surface area contributed by atoms with E-state index in [2.05, 4.69) is 34.7 Å². The number of aliphatic imine (C=N–C) groups is 1. The van der Waals surface area contributed by atoms with Crippen molar-refractivity contribution < 1.29 is 32.0 Å². The lowest BCUT2D eigenvalue weighted by Crippen LogP contribution is -2.32. The number of amides is 2. The van der Waals surface area contributed by atoms with E-state index < -0.39 is 27.8 Å². The largest absolute Gasteiger partial charge is 0.377 e. The molecule has 1 aliphatic heterocycles. The van der Waals surface area contributed by atoms with Crippen molar-refractivity contribution in [3.8, 4) is 5.00 Å². The predicted molar refractivity (Wildman–Crippen MR) is 162 cm³/mol. The third kappa shape index (κ3) is 8.68. The fourth-order valence-electron chi connectivity index (χ4n) is 4.44. The van der Waals surface area contributed by atoms with Crippen molar-refractivity contribution >= 4 is 50.6 Å². The van der Waals surface area contributed by atoms with Gasteiger partial charge in [0, 0.05) is 34.1 Å². The third-order valence-electron chi connectivity index (χ3n) is 6.56. The molecule has 0 spiro atoms. The van der Waals surface area contributed by atoms with E-state index in [1.807, 2.05) is 35.8 Å². The number of fused-ring (bicyclic) bond motifs is 3. The van der Waals surface area contributed by atoms with Crippen molar-refractivity contribution in [2.75, 3.05) is 45.3 Å². The molecule has 16 heteroatoms. The summed E-state index contributed by atoms with van der Waals surface area (Å²) in [5.74, 6) is -0.707. The molecule has 0 aliphatic carbocycles. The minimum atomic E-state index is -4.36. The Kier molecular flexibility index (Phi) is 11.0. The molecule has 1 aromatic carbocycles. The van der Waals surface area contributed by atoms with Gasteiger partial charge in [0.1, 0.15) is 16.9 Å². The highest BCUT2D eigenvalue weighted by molar-refractivity contribution is 7.86. The molecule has 4 rings (SSSR count). The Morgan fingerprint density at radius 3 is 2.26 bits per heavy atom. The lowest BCUT2D eigenvalue weighted by atomic mass is 9.99. The average Bonchev–Trinajstić information content (AvgIpc) is 3.41. The quantitative estimate of drug-likeness (QED) is 0.174. The topological polar surface area (TPSA) is 174 Å². The molecule has 2 amide bonds. The predicted octanol–water partition coefficient (Wildman–Crippen LogP) is 2.34. The van der Waals surface area contributed by atoms with Crippen LogP contribution in [0.4, 0.5) is 0 Å². The van der Waals surface area contributed by atoms with E-state index in [1.165, 1.54) is 0 Å². The Bertz CT molecular complexity index is 1600. The molecule has 13 nitrogen and oxygen atoms in total. The first-order valence-corrected chi connectivity index (χ1v) is 16.3. The lowest BCUT2D eigenvalue weighted by Gasteiger charge is -2.13. The molecular weight excluding hydrogens is 620 g/mol. The Morgan fingerprint density at radius 1 is 1.00 bits per heavy atom. The highest BCUT2D eigenvalue weighted by Crippen LogP contribution is 2.39. The SMILES string of the molecule is Cc1sc2c(c1C)C(c1ccc(Cl)cc1)=N[C@@H](CC(=O)NCCOCCOCCNC(=O)CS(=O)(=O)O)c1nnc(C)n1-2. The number of ether oxygens (including phenoxy) is 2. The number of nitrogens with one attached hydrogen (secondary N) is 2. The first-order valence-electron chi connectivity index (χ1n) is 13.4. The molecule has 3 heterocycles. The molecule has 1 aliphatic rings. The van der Waals surface area contributed by atoms with E-state index >= 15 is 0 Å². The standard InChI is InChI=1S/C27H33ClN6O7S2/c1-16-17(2)42-27-24(16)25(19-4-6-20(28)7-5-19)31-21(26-33-32-18(3)34(26)27)14-22(35)29-8-10-40-12-13-41-11-9-30-23(36)15-43(37,38)39/h4-7,21H,8-15H2,1-3H3,(H,29,35)(H,30,36)(H,37,38,39)/t21-/m0/s1. The second-order valence-corrected chi connectivity index (χ2v) is 12.9. The number of hydrogen-bond acceptors (Lipinski definition) is 10. The number of rotatable bonds is 14. The molecule has 0 unspecified atom stereocenters. The summed E-state index contributed by atoms with van der Waals surface area (Å²) >= 11 is 7.80. The Labute approximate surface area is 258 Å². The average molecular weight is 653 g/mol. The highest BCUT2D eigenvalue weighted by Gasteiger charge is 2.32. The van der Waals surface area contributed by atoms with Gasteiger partial charge in [-0.2, -0.15) is 8.42 Å². The molecule has 43 heavy (non-hydrogen) atoms. The molecule has 0 bridgehead atoms. The molecule has 3 N–H and O–H groups in total. The summed E-state index contributed by atoms with van der Waals surface area (Å²) in [7, 11) is -4.36. The third-order valence-corrected chi connectivity index (χ3v) is 8.63. The van der Waals surface area contributed by atoms with Crippen LogP contribution in [0.2, 0.25) is 5.02 Å². The first-order chi connectivity index (χ1) is 20.4. The molecule has 0 saturated carbocycles. The summed E-state index contributed by atoms with van der Waals surface area (Å²) in [5.41, 5.74) is 3.77. The van der Waals surface area contributed by atoms with Crippen LogP contribution in [-0.2, 0) is 29.2 Å². The Morgan fingerprint density at radius 2 is 1.63 bits per heavy atom. The van der Waals surface area contributed by atoms with Gasteiger partial charge < -0.3 is 20.1 Å². The van der Waals surface area contributed by atoms with Crippen molar-refractivity contribution in [2.45, 2.75) is 33.2 Å². The van der Waals surface area contributed by atoms with E-state index in [4.69, 9.17) is 30.6 Å². The first kappa shape index (κ1) is 32.7. The van der Waals surface area contributed by atoms with Crippen LogP contribution in [-0.4, -0.2) is 90.5 Å². The van der Waals surface area contributed by atoms with Crippen LogP contribution in [0.15, 0.2) is 29.3 Å². The van der Waals surface area contributed by atoms with E-state index in [-0.39, 0.29) is 51.8 Å². The number of carbonyl (C=O) groups excluding carboxylic acids is 2. The number of hydrogen-bond donors (Lipinski definition) is 3. The van der Waals surface area contributed by atoms with E-state index in [0.717, 1.165) is 32.3 Å². The van der Waals surface area contributed by atoms with Crippen molar-refractivity contribution in [1.29, 1.82) is 0 Å². The maximum atomic E-state index is 13.0. The minimum Gasteiger partial charge on any atom is -0.377 e. The van der Waals surface area contributed by atoms with E-state index in [0.29, 0.717) is 16.7 Å². The summed E-state index contributed by atoms with van der Waals surface area (Å²) in [6.07, 6.45) is 0.0641. The van der Waals surface area contributed by atoms with Gasteiger partial charge >= 0.3 is 0 Å². The molecular formula is C27H33ClN6O7S2. The number of carbonyl (C=O) groups is 2. The van der Waals surface area contributed by atoms with Gasteiger partial charge in [-0.1, -0.05) is 23.7 Å². The normalized spacial score (nSPS) is 14.4. The van der Waals surface area contributed by atoms with Gasteiger partial charge in [-0.25, -0.2) is 0 Å². The maximum Gasteiger partial charge on any atom is 0.274 e. The van der Waals surface area contributed by atoms with Crippen LogP contribution in [0.1, 0.15) is 45.7 Å². The van der Waals surface area contributed by atoms with Gasteiger partial charge in [0.15, 0.2) is 11.6 Å². The van der Waals surface area contributed by atoms with Gasteiger partial charge in [0.2, 0.25) is 11.8 Å². The van der Waals surface area contributed by atoms with Crippen LogP contribution in [0.25, 0.3) is 5.00 Å². The zero-order valence-corrected chi connectivity index (χ0v) is 26.3. The zero-order valence-electron chi connectivity index (χ0n) is 23.9. The van der Waals surface area contributed by atoms with E-state index in [9.17, 15) is 18.0 Å². The van der Waals surface area contributed by atoms with Gasteiger partial charge in [0.25, 0.3) is 10.1 Å². The summed E-state index contributed by atoms with van der Waals surface area (Å²) in [5, 5.41) is 15.5. The van der Waals surface area contributed by atoms with Crippen molar-refractivity contribution in [3.63, 3.8) is 0 Å². The Balaban J connectivity index is 1.31. The number of halogens is 1. The molecule has 0 radical (unpaired) electrons. The number of aromatic nitrogens is 3. The van der Waals surface area contributed by atoms with Crippen molar-refractivity contribution in [3.05, 3.63) is 62.5 Å². The summed E-state index contributed by atoms with van der Waals surface area (Å²) in [6.45, 7) is 7.30. The van der Waals surface area contributed by atoms with Crippen LogP contribution in [0, 0.1) is 20.8 Å². The molecule has 0 saturated heterocycles.